The highest BCUT2D eigenvalue weighted by atomic mass is 16.5. The molecule has 15 heavy (non-hydrogen) atoms. The summed E-state index contributed by atoms with van der Waals surface area (Å²) in [6, 6.07) is 11.2. The second kappa shape index (κ2) is 3.84. The number of nitrogens with zero attached hydrogens (tertiary/aromatic N) is 2. The van der Waals surface area contributed by atoms with E-state index >= 15 is 0 Å². The van der Waals surface area contributed by atoms with Gasteiger partial charge in [0.05, 0.1) is 12.8 Å². The summed E-state index contributed by atoms with van der Waals surface area (Å²) in [6.45, 7) is 0. The van der Waals surface area contributed by atoms with Gasteiger partial charge in [-0.25, -0.2) is 0 Å². The maximum Gasteiger partial charge on any atom is 0.162 e. The van der Waals surface area contributed by atoms with E-state index in [9.17, 15) is 0 Å². The van der Waals surface area contributed by atoms with Gasteiger partial charge in [-0.2, -0.15) is 10.4 Å². The van der Waals surface area contributed by atoms with Crippen molar-refractivity contribution in [2.24, 2.45) is 0 Å². The highest BCUT2D eigenvalue weighted by molar-refractivity contribution is 5.62. The lowest BCUT2D eigenvalue weighted by atomic mass is 10.1. The number of methoxy groups -OCH3 is 1. The van der Waals surface area contributed by atoms with Crippen molar-refractivity contribution < 1.29 is 4.74 Å². The number of ether oxygens (including phenoxy) is 1. The van der Waals surface area contributed by atoms with E-state index in [4.69, 9.17) is 10.00 Å². The molecule has 0 spiro atoms. The summed E-state index contributed by atoms with van der Waals surface area (Å²) in [5.74, 6) is 0.778. The van der Waals surface area contributed by atoms with E-state index in [1.54, 1.807) is 13.2 Å². The number of aromatic nitrogens is 2. The van der Waals surface area contributed by atoms with Gasteiger partial charge in [-0.3, -0.25) is 5.10 Å². The topological polar surface area (TPSA) is 61.7 Å². The zero-order valence-corrected chi connectivity index (χ0v) is 8.19. The van der Waals surface area contributed by atoms with Gasteiger partial charge in [-0.15, -0.1) is 0 Å². The van der Waals surface area contributed by atoms with Crippen LogP contribution in [-0.4, -0.2) is 17.3 Å². The van der Waals surface area contributed by atoms with Crippen LogP contribution in [0.2, 0.25) is 0 Å². The van der Waals surface area contributed by atoms with Crippen LogP contribution in [0.4, 0.5) is 0 Å². The minimum Gasteiger partial charge on any atom is -0.497 e. The molecule has 0 aliphatic carbocycles. The Bertz CT molecular complexity index is 511. The summed E-state index contributed by atoms with van der Waals surface area (Å²) in [4.78, 5) is 0. The van der Waals surface area contributed by atoms with Gasteiger partial charge in [0, 0.05) is 11.6 Å². The SMILES string of the molecule is COc1cccc(-c2cc(C#N)n[nH]2)c1. The molecule has 1 N–H and O–H groups in total. The van der Waals surface area contributed by atoms with E-state index in [1.165, 1.54) is 0 Å². The first-order chi connectivity index (χ1) is 7.33. The van der Waals surface area contributed by atoms with Crippen molar-refractivity contribution in [3.63, 3.8) is 0 Å². The normalized spacial score (nSPS) is 9.60. The third-order valence-electron chi connectivity index (χ3n) is 2.07. The maximum absolute atomic E-state index is 8.64. The summed E-state index contributed by atoms with van der Waals surface area (Å²) in [5.41, 5.74) is 2.14. The monoisotopic (exact) mass is 199 g/mol. The maximum atomic E-state index is 8.64. The van der Waals surface area contributed by atoms with Crippen LogP contribution in [0, 0.1) is 11.3 Å². The molecule has 0 saturated heterocycles. The molecule has 0 atom stereocenters. The quantitative estimate of drug-likeness (QED) is 0.804. The van der Waals surface area contributed by atoms with Crippen molar-refractivity contribution in [1.82, 2.24) is 10.2 Å². The van der Waals surface area contributed by atoms with E-state index in [0.29, 0.717) is 5.69 Å². The molecule has 1 aromatic carbocycles. The van der Waals surface area contributed by atoms with Gasteiger partial charge < -0.3 is 4.74 Å². The predicted molar refractivity (Wildman–Crippen MR) is 55.3 cm³/mol. The molecule has 0 bridgehead atoms. The van der Waals surface area contributed by atoms with Gasteiger partial charge in [0.2, 0.25) is 0 Å². The van der Waals surface area contributed by atoms with Crippen molar-refractivity contribution >= 4 is 0 Å². The Hall–Kier alpha value is -2.28. The van der Waals surface area contributed by atoms with Crippen molar-refractivity contribution in [1.29, 1.82) is 5.26 Å². The Kier molecular flexibility index (Phi) is 2.38. The largest absolute Gasteiger partial charge is 0.497 e. The molecule has 0 aliphatic heterocycles. The van der Waals surface area contributed by atoms with E-state index in [-0.39, 0.29) is 0 Å². The molecule has 74 valence electrons. The molecular weight excluding hydrogens is 190 g/mol. The number of hydrogen-bond acceptors (Lipinski definition) is 3. The molecule has 0 aliphatic rings. The summed E-state index contributed by atoms with van der Waals surface area (Å²) in [5, 5.41) is 15.3. The predicted octanol–water partition coefficient (Wildman–Crippen LogP) is 1.96. The summed E-state index contributed by atoms with van der Waals surface area (Å²) >= 11 is 0. The molecule has 2 aromatic rings. The third-order valence-corrected chi connectivity index (χ3v) is 2.07. The van der Waals surface area contributed by atoms with Crippen molar-refractivity contribution in [2.75, 3.05) is 7.11 Å². The lowest BCUT2D eigenvalue weighted by Gasteiger charge is -2.01. The first-order valence-corrected chi connectivity index (χ1v) is 4.43. The first-order valence-electron chi connectivity index (χ1n) is 4.43. The Morgan fingerprint density at radius 3 is 2.93 bits per heavy atom. The van der Waals surface area contributed by atoms with E-state index < -0.39 is 0 Å². The molecule has 0 amide bonds. The Morgan fingerprint density at radius 2 is 2.27 bits per heavy atom. The number of rotatable bonds is 2. The van der Waals surface area contributed by atoms with Gasteiger partial charge in [0.1, 0.15) is 11.8 Å². The molecular formula is C11H9N3O. The van der Waals surface area contributed by atoms with Crippen LogP contribution in [0.5, 0.6) is 5.75 Å². The molecule has 0 unspecified atom stereocenters. The zero-order valence-electron chi connectivity index (χ0n) is 8.19. The molecule has 1 aromatic heterocycles. The number of aromatic amines is 1. The molecule has 4 nitrogen and oxygen atoms in total. The van der Waals surface area contributed by atoms with Gasteiger partial charge >= 0.3 is 0 Å². The average Bonchev–Trinajstić information content (AvgIpc) is 2.78. The van der Waals surface area contributed by atoms with Gasteiger partial charge in [-0.05, 0) is 12.1 Å². The molecule has 1 heterocycles. The fraction of sp³-hybridized carbons (Fsp3) is 0.0909. The highest BCUT2D eigenvalue weighted by Crippen LogP contribution is 2.22. The molecule has 0 radical (unpaired) electrons. The second-order valence-electron chi connectivity index (χ2n) is 3.01. The number of benzene rings is 1. The fourth-order valence-corrected chi connectivity index (χ4v) is 1.32. The first kappa shape index (κ1) is 9.28. The summed E-state index contributed by atoms with van der Waals surface area (Å²) in [7, 11) is 1.62. The third kappa shape index (κ3) is 1.81. The lowest BCUT2D eigenvalue weighted by Crippen LogP contribution is -1.83. The Labute approximate surface area is 87.1 Å². The number of nitriles is 1. The fourth-order valence-electron chi connectivity index (χ4n) is 1.32. The van der Waals surface area contributed by atoms with Crippen LogP contribution >= 0.6 is 0 Å². The summed E-state index contributed by atoms with van der Waals surface area (Å²) in [6.07, 6.45) is 0. The van der Waals surface area contributed by atoms with E-state index in [0.717, 1.165) is 17.0 Å². The molecule has 2 rings (SSSR count). The lowest BCUT2D eigenvalue weighted by molar-refractivity contribution is 0.415. The number of H-pyrrole nitrogens is 1. The smallest absolute Gasteiger partial charge is 0.162 e. The van der Waals surface area contributed by atoms with Gasteiger partial charge in [0.25, 0.3) is 0 Å². The van der Waals surface area contributed by atoms with Crippen LogP contribution in [0.15, 0.2) is 30.3 Å². The second-order valence-corrected chi connectivity index (χ2v) is 3.01. The van der Waals surface area contributed by atoms with Crippen LogP contribution < -0.4 is 4.74 Å². The molecule has 0 saturated carbocycles. The van der Waals surface area contributed by atoms with Crippen LogP contribution in [-0.2, 0) is 0 Å². The van der Waals surface area contributed by atoms with E-state index in [2.05, 4.69) is 10.2 Å². The van der Waals surface area contributed by atoms with Crippen LogP contribution in [0.1, 0.15) is 5.69 Å². The molecule has 4 heteroatoms. The average molecular weight is 199 g/mol. The minimum atomic E-state index is 0.382. The molecule has 0 fully saturated rings. The Balaban J connectivity index is 2.41. The van der Waals surface area contributed by atoms with Crippen molar-refractivity contribution in [3.8, 4) is 23.1 Å². The number of nitrogens with one attached hydrogen (secondary N) is 1. The zero-order chi connectivity index (χ0) is 10.7. The van der Waals surface area contributed by atoms with Crippen LogP contribution in [0.3, 0.4) is 0 Å². The van der Waals surface area contributed by atoms with E-state index in [1.807, 2.05) is 30.3 Å². The standard InChI is InChI=1S/C11H9N3O/c1-15-10-4-2-3-8(5-10)11-6-9(7-12)13-14-11/h2-6H,1H3,(H,13,14). The summed E-state index contributed by atoms with van der Waals surface area (Å²) < 4.78 is 5.11. The van der Waals surface area contributed by atoms with Crippen molar-refractivity contribution in [2.45, 2.75) is 0 Å². The number of hydrogen-bond donors (Lipinski definition) is 1. The minimum absolute atomic E-state index is 0.382. The Morgan fingerprint density at radius 1 is 1.40 bits per heavy atom. The highest BCUT2D eigenvalue weighted by Gasteiger charge is 2.03. The van der Waals surface area contributed by atoms with Crippen molar-refractivity contribution in [3.05, 3.63) is 36.0 Å². The van der Waals surface area contributed by atoms with Gasteiger partial charge in [0.15, 0.2) is 5.69 Å². The van der Waals surface area contributed by atoms with Gasteiger partial charge in [-0.1, -0.05) is 12.1 Å². The van der Waals surface area contributed by atoms with Crippen LogP contribution in [0.25, 0.3) is 11.3 Å².